The Hall–Kier alpha value is -2.41. The summed E-state index contributed by atoms with van der Waals surface area (Å²) in [6.45, 7) is 3.76. The van der Waals surface area contributed by atoms with Crippen LogP contribution in [0.25, 0.3) is 5.69 Å². The van der Waals surface area contributed by atoms with Gasteiger partial charge in [0.25, 0.3) is 0 Å². The van der Waals surface area contributed by atoms with Gasteiger partial charge in [0.05, 0.1) is 23.0 Å². The van der Waals surface area contributed by atoms with E-state index >= 15 is 0 Å². The second-order valence-electron chi connectivity index (χ2n) is 5.63. The van der Waals surface area contributed by atoms with E-state index in [1.54, 1.807) is 23.7 Å². The zero-order valence-electron chi connectivity index (χ0n) is 12.3. The quantitative estimate of drug-likeness (QED) is 0.792. The molecule has 0 saturated carbocycles. The van der Waals surface area contributed by atoms with Crippen molar-refractivity contribution in [2.24, 2.45) is 0 Å². The summed E-state index contributed by atoms with van der Waals surface area (Å²) in [5.41, 5.74) is 4.29. The van der Waals surface area contributed by atoms with Crippen molar-refractivity contribution in [2.75, 3.05) is 0 Å². The second kappa shape index (κ2) is 5.17. The summed E-state index contributed by atoms with van der Waals surface area (Å²) in [4.78, 5) is 12.1. The molecule has 1 aliphatic carbocycles. The number of nitrogens with zero attached hydrogens (tertiary/aromatic N) is 3. The van der Waals surface area contributed by atoms with Gasteiger partial charge in [0.15, 0.2) is 5.78 Å². The minimum Gasteiger partial charge on any atom is -0.293 e. The highest BCUT2D eigenvalue weighted by Crippen LogP contribution is 2.33. The molecule has 1 aliphatic rings. The first-order valence-corrected chi connectivity index (χ1v) is 7.25. The Bertz CT molecular complexity index is 735. The Balaban J connectivity index is 2.17. The van der Waals surface area contributed by atoms with Crippen molar-refractivity contribution >= 4 is 5.78 Å². The maximum atomic E-state index is 12.1. The molecule has 4 heteroatoms. The third-order valence-electron chi connectivity index (χ3n) is 4.12. The highest BCUT2D eigenvalue weighted by molar-refractivity contribution is 5.95. The molecule has 1 aromatic carbocycles. The van der Waals surface area contributed by atoms with E-state index in [0.717, 1.165) is 36.2 Å². The average molecular weight is 279 g/mol. The van der Waals surface area contributed by atoms with Gasteiger partial charge >= 0.3 is 0 Å². The molecule has 1 atom stereocenters. The molecule has 2 aromatic rings. The number of benzene rings is 1. The standard InChI is InChI=1S/C17H17N3O/c1-11-4-3-5-15-16(11)19-20(17(15)12(2)21)14-8-6-13(10-18)7-9-14/h6-9,11H,3-5H2,1-2H3. The van der Waals surface area contributed by atoms with Crippen LogP contribution in [0, 0.1) is 11.3 Å². The van der Waals surface area contributed by atoms with Crippen molar-refractivity contribution < 1.29 is 4.79 Å². The summed E-state index contributed by atoms with van der Waals surface area (Å²) < 4.78 is 1.75. The smallest absolute Gasteiger partial charge is 0.178 e. The Labute approximate surface area is 124 Å². The van der Waals surface area contributed by atoms with E-state index in [9.17, 15) is 4.79 Å². The maximum absolute atomic E-state index is 12.1. The number of fused-ring (bicyclic) bond motifs is 1. The van der Waals surface area contributed by atoms with Gasteiger partial charge in [-0.2, -0.15) is 10.4 Å². The van der Waals surface area contributed by atoms with Gasteiger partial charge in [-0.1, -0.05) is 6.92 Å². The van der Waals surface area contributed by atoms with E-state index in [-0.39, 0.29) is 5.78 Å². The van der Waals surface area contributed by atoms with E-state index in [0.29, 0.717) is 17.2 Å². The van der Waals surface area contributed by atoms with Gasteiger partial charge in [-0.15, -0.1) is 0 Å². The Kier molecular flexibility index (Phi) is 3.34. The van der Waals surface area contributed by atoms with Crippen LogP contribution in [-0.4, -0.2) is 15.6 Å². The fourth-order valence-corrected chi connectivity index (χ4v) is 3.06. The first-order chi connectivity index (χ1) is 10.1. The lowest BCUT2D eigenvalue weighted by molar-refractivity contribution is 0.100. The molecule has 3 rings (SSSR count). The molecular formula is C17H17N3O. The molecule has 4 nitrogen and oxygen atoms in total. The van der Waals surface area contributed by atoms with E-state index in [4.69, 9.17) is 10.4 Å². The molecule has 106 valence electrons. The molecule has 0 saturated heterocycles. The highest BCUT2D eigenvalue weighted by atomic mass is 16.1. The second-order valence-corrected chi connectivity index (χ2v) is 5.63. The number of carbonyl (C=O) groups excluding carboxylic acids is 1. The zero-order valence-corrected chi connectivity index (χ0v) is 12.3. The van der Waals surface area contributed by atoms with E-state index in [1.807, 2.05) is 12.1 Å². The summed E-state index contributed by atoms with van der Waals surface area (Å²) in [5.74, 6) is 0.439. The molecule has 0 radical (unpaired) electrons. The third-order valence-corrected chi connectivity index (χ3v) is 4.12. The van der Waals surface area contributed by atoms with Gasteiger partial charge in [0, 0.05) is 18.4 Å². The van der Waals surface area contributed by atoms with Crippen LogP contribution in [0.5, 0.6) is 0 Å². The minimum absolute atomic E-state index is 0.0437. The van der Waals surface area contributed by atoms with E-state index < -0.39 is 0 Å². The average Bonchev–Trinajstić information content (AvgIpc) is 2.88. The molecule has 21 heavy (non-hydrogen) atoms. The highest BCUT2D eigenvalue weighted by Gasteiger charge is 2.27. The Morgan fingerprint density at radius 2 is 2.10 bits per heavy atom. The maximum Gasteiger partial charge on any atom is 0.178 e. The number of hydrogen-bond acceptors (Lipinski definition) is 3. The number of aromatic nitrogens is 2. The molecular weight excluding hydrogens is 262 g/mol. The molecule has 0 N–H and O–H groups in total. The summed E-state index contributed by atoms with van der Waals surface area (Å²) in [6, 6.07) is 9.29. The number of carbonyl (C=O) groups is 1. The van der Waals surface area contributed by atoms with Crippen molar-refractivity contribution in [3.8, 4) is 11.8 Å². The molecule has 0 aliphatic heterocycles. The van der Waals surface area contributed by atoms with Gasteiger partial charge in [-0.05, 0) is 43.5 Å². The third kappa shape index (κ3) is 2.25. The number of ketones is 1. The van der Waals surface area contributed by atoms with Crippen LogP contribution in [-0.2, 0) is 6.42 Å². The summed E-state index contributed by atoms with van der Waals surface area (Å²) in [7, 11) is 0. The summed E-state index contributed by atoms with van der Waals surface area (Å²) >= 11 is 0. The molecule has 1 unspecified atom stereocenters. The predicted octanol–water partition coefficient (Wildman–Crippen LogP) is 3.39. The summed E-state index contributed by atoms with van der Waals surface area (Å²) in [6.07, 6.45) is 3.15. The van der Waals surface area contributed by atoms with Gasteiger partial charge in [0.2, 0.25) is 0 Å². The number of rotatable bonds is 2. The van der Waals surface area contributed by atoms with Crippen LogP contribution in [0.3, 0.4) is 0 Å². The Morgan fingerprint density at radius 1 is 1.38 bits per heavy atom. The van der Waals surface area contributed by atoms with Crippen LogP contribution < -0.4 is 0 Å². The topological polar surface area (TPSA) is 58.7 Å². The van der Waals surface area contributed by atoms with Crippen LogP contribution in [0.1, 0.15) is 59.9 Å². The fourth-order valence-electron chi connectivity index (χ4n) is 3.06. The number of hydrogen-bond donors (Lipinski definition) is 0. The zero-order chi connectivity index (χ0) is 15.0. The summed E-state index contributed by atoms with van der Waals surface area (Å²) in [5, 5.41) is 13.6. The molecule has 0 bridgehead atoms. The molecule has 0 amide bonds. The van der Waals surface area contributed by atoms with Gasteiger partial charge in [0.1, 0.15) is 5.69 Å². The largest absolute Gasteiger partial charge is 0.293 e. The van der Waals surface area contributed by atoms with Crippen molar-refractivity contribution in [1.29, 1.82) is 5.26 Å². The lowest BCUT2D eigenvalue weighted by Crippen LogP contribution is -2.09. The monoisotopic (exact) mass is 279 g/mol. The first kappa shape index (κ1) is 13.6. The van der Waals surface area contributed by atoms with Crippen LogP contribution in [0.15, 0.2) is 24.3 Å². The fraction of sp³-hybridized carbons (Fsp3) is 0.353. The van der Waals surface area contributed by atoms with Crippen LogP contribution in [0.4, 0.5) is 0 Å². The van der Waals surface area contributed by atoms with E-state index in [2.05, 4.69) is 13.0 Å². The van der Waals surface area contributed by atoms with Crippen molar-refractivity contribution in [1.82, 2.24) is 9.78 Å². The predicted molar refractivity (Wildman–Crippen MR) is 79.6 cm³/mol. The van der Waals surface area contributed by atoms with Crippen LogP contribution in [0.2, 0.25) is 0 Å². The lowest BCUT2D eigenvalue weighted by Gasteiger charge is -2.16. The molecule has 0 fully saturated rings. The number of nitriles is 1. The SMILES string of the molecule is CC(=O)c1c2c(nn1-c1ccc(C#N)cc1)C(C)CCC2. The van der Waals surface area contributed by atoms with E-state index in [1.165, 1.54) is 0 Å². The van der Waals surface area contributed by atoms with Crippen molar-refractivity contribution in [2.45, 2.75) is 39.0 Å². The molecule has 1 aromatic heterocycles. The van der Waals surface area contributed by atoms with Crippen LogP contribution >= 0.6 is 0 Å². The van der Waals surface area contributed by atoms with Crippen molar-refractivity contribution in [3.05, 3.63) is 46.8 Å². The Morgan fingerprint density at radius 3 is 2.71 bits per heavy atom. The van der Waals surface area contributed by atoms with Gasteiger partial charge in [-0.3, -0.25) is 4.79 Å². The van der Waals surface area contributed by atoms with Crippen molar-refractivity contribution in [3.63, 3.8) is 0 Å². The van der Waals surface area contributed by atoms with Gasteiger partial charge < -0.3 is 0 Å². The minimum atomic E-state index is 0.0437. The lowest BCUT2D eigenvalue weighted by atomic mass is 9.87. The molecule has 1 heterocycles. The molecule has 0 spiro atoms. The number of Topliss-reactive ketones (excluding diaryl/α,β-unsaturated/α-hetero) is 1. The first-order valence-electron chi connectivity index (χ1n) is 7.25. The normalized spacial score (nSPS) is 17.1. The van der Waals surface area contributed by atoms with Gasteiger partial charge in [-0.25, -0.2) is 4.68 Å².